The van der Waals surface area contributed by atoms with Gasteiger partial charge in [0.25, 0.3) is 0 Å². The van der Waals surface area contributed by atoms with Gasteiger partial charge in [0, 0.05) is 23.0 Å². The maximum Gasteiger partial charge on any atom is 0.243 e. The summed E-state index contributed by atoms with van der Waals surface area (Å²) in [5, 5.41) is 11.2. The Balaban J connectivity index is 1.71. The lowest BCUT2D eigenvalue weighted by atomic mass is 10.1. The Bertz CT molecular complexity index is 967. The number of rotatable bonds is 5. The summed E-state index contributed by atoms with van der Waals surface area (Å²) in [7, 11) is 0. The third-order valence-corrected chi connectivity index (χ3v) is 4.03. The molecule has 0 aromatic heterocycles. The Morgan fingerprint density at radius 3 is 2.46 bits per heavy atom. The van der Waals surface area contributed by atoms with Crippen molar-refractivity contribution in [3.8, 4) is 0 Å². The Kier molecular flexibility index (Phi) is 5.39. The van der Waals surface area contributed by atoms with Crippen molar-refractivity contribution in [2.45, 2.75) is 6.92 Å². The van der Waals surface area contributed by atoms with Crippen molar-refractivity contribution in [2.75, 3.05) is 22.5 Å². The van der Waals surface area contributed by atoms with Crippen LogP contribution in [0.4, 0.5) is 17.1 Å². The van der Waals surface area contributed by atoms with Gasteiger partial charge in [-0.15, -0.1) is 0 Å². The SMILES string of the molecule is CC(=O)Nc1ccc(Cl)cc1NCC(=O)Nc1cccc2ccccc12. The molecule has 0 spiro atoms. The van der Waals surface area contributed by atoms with Gasteiger partial charge in [0.2, 0.25) is 11.8 Å². The fourth-order valence-electron chi connectivity index (χ4n) is 2.67. The second-order valence-electron chi connectivity index (χ2n) is 5.80. The van der Waals surface area contributed by atoms with Gasteiger partial charge in [-0.25, -0.2) is 0 Å². The first-order valence-corrected chi connectivity index (χ1v) is 8.49. The van der Waals surface area contributed by atoms with Crippen molar-refractivity contribution < 1.29 is 9.59 Å². The average molecular weight is 368 g/mol. The highest BCUT2D eigenvalue weighted by Crippen LogP contribution is 2.26. The molecule has 3 N–H and O–H groups in total. The van der Waals surface area contributed by atoms with Gasteiger partial charge < -0.3 is 16.0 Å². The summed E-state index contributed by atoms with van der Waals surface area (Å²) >= 11 is 6.01. The number of benzene rings is 3. The summed E-state index contributed by atoms with van der Waals surface area (Å²) in [5.74, 6) is -0.398. The summed E-state index contributed by atoms with van der Waals surface area (Å²) in [6.45, 7) is 1.46. The average Bonchev–Trinajstić information content (AvgIpc) is 2.62. The molecule has 6 heteroatoms. The predicted octanol–water partition coefficient (Wildman–Crippen LogP) is 4.50. The molecule has 3 rings (SSSR count). The highest BCUT2D eigenvalue weighted by Gasteiger charge is 2.09. The van der Waals surface area contributed by atoms with Crippen LogP contribution in [0.5, 0.6) is 0 Å². The number of anilines is 3. The standard InChI is InChI=1S/C20H18ClN3O2/c1-13(25)23-18-10-9-15(21)11-19(18)22-12-20(26)24-17-8-4-6-14-5-2-3-7-16(14)17/h2-11,22H,12H2,1H3,(H,23,25)(H,24,26). The Labute approximate surface area is 156 Å². The normalized spacial score (nSPS) is 10.4. The molecule has 0 aliphatic heterocycles. The minimum atomic E-state index is -0.199. The van der Waals surface area contributed by atoms with Crippen LogP contribution in [-0.4, -0.2) is 18.4 Å². The third-order valence-electron chi connectivity index (χ3n) is 3.80. The fraction of sp³-hybridized carbons (Fsp3) is 0.100. The smallest absolute Gasteiger partial charge is 0.243 e. The number of hydrogen-bond donors (Lipinski definition) is 3. The molecule has 0 bridgehead atoms. The van der Waals surface area contributed by atoms with E-state index in [4.69, 9.17) is 11.6 Å². The maximum absolute atomic E-state index is 12.4. The Morgan fingerprint density at radius 2 is 1.65 bits per heavy atom. The second kappa shape index (κ2) is 7.89. The van der Waals surface area contributed by atoms with Gasteiger partial charge in [-0.05, 0) is 29.7 Å². The van der Waals surface area contributed by atoms with E-state index in [0.29, 0.717) is 16.4 Å². The molecule has 0 aliphatic rings. The van der Waals surface area contributed by atoms with Gasteiger partial charge in [-0.3, -0.25) is 9.59 Å². The first kappa shape index (κ1) is 17.8. The number of carbonyl (C=O) groups excluding carboxylic acids is 2. The minimum Gasteiger partial charge on any atom is -0.374 e. The van der Waals surface area contributed by atoms with Crippen molar-refractivity contribution in [1.82, 2.24) is 0 Å². The van der Waals surface area contributed by atoms with Gasteiger partial charge in [0.05, 0.1) is 17.9 Å². The van der Waals surface area contributed by atoms with Crippen LogP contribution in [0, 0.1) is 0 Å². The molecule has 0 saturated heterocycles. The molecule has 0 atom stereocenters. The number of nitrogens with one attached hydrogen (secondary N) is 3. The van der Waals surface area contributed by atoms with E-state index in [0.717, 1.165) is 16.5 Å². The van der Waals surface area contributed by atoms with Crippen molar-refractivity contribution in [3.05, 3.63) is 65.7 Å². The van der Waals surface area contributed by atoms with E-state index in [1.54, 1.807) is 18.2 Å². The predicted molar refractivity (Wildman–Crippen MR) is 107 cm³/mol. The Hall–Kier alpha value is -3.05. The van der Waals surface area contributed by atoms with Gasteiger partial charge in [0.1, 0.15) is 0 Å². The van der Waals surface area contributed by atoms with Crippen LogP contribution in [-0.2, 0) is 9.59 Å². The molecule has 0 radical (unpaired) electrons. The first-order chi connectivity index (χ1) is 12.5. The highest BCUT2D eigenvalue weighted by atomic mass is 35.5. The molecular formula is C20H18ClN3O2. The molecule has 3 aromatic rings. The lowest BCUT2D eigenvalue weighted by Gasteiger charge is -2.13. The van der Waals surface area contributed by atoms with Crippen molar-refractivity contribution in [3.63, 3.8) is 0 Å². The maximum atomic E-state index is 12.4. The number of carbonyl (C=O) groups is 2. The molecule has 0 unspecified atom stereocenters. The molecule has 2 amide bonds. The molecule has 3 aromatic carbocycles. The van der Waals surface area contributed by atoms with Crippen LogP contribution >= 0.6 is 11.6 Å². The van der Waals surface area contributed by atoms with Crippen LogP contribution in [0.1, 0.15) is 6.92 Å². The van der Waals surface area contributed by atoms with E-state index in [9.17, 15) is 9.59 Å². The quantitative estimate of drug-likeness (QED) is 0.621. The lowest BCUT2D eigenvalue weighted by Crippen LogP contribution is -2.22. The highest BCUT2D eigenvalue weighted by molar-refractivity contribution is 6.31. The summed E-state index contributed by atoms with van der Waals surface area (Å²) in [6.07, 6.45) is 0. The summed E-state index contributed by atoms with van der Waals surface area (Å²) in [6, 6.07) is 18.6. The van der Waals surface area contributed by atoms with E-state index in [1.165, 1.54) is 6.92 Å². The first-order valence-electron chi connectivity index (χ1n) is 8.11. The topological polar surface area (TPSA) is 70.2 Å². The number of fused-ring (bicyclic) bond motifs is 1. The largest absolute Gasteiger partial charge is 0.374 e. The molecule has 5 nitrogen and oxygen atoms in total. The number of amides is 2. The molecular weight excluding hydrogens is 350 g/mol. The van der Waals surface area contributed by atoms with E-state index in [1.807, 2.05) is 42.5 Å². The second-order valence-corrected chi connectivity index (χ2v) is 6.24. The summed E-state index contributed by atoms with van der Waals surface area (Å²) in [4.78, 5) is 23.7. The van der Waals surface area contributed by atoms with E-state index in [-0.39, 0.29) is 18.4 Å². The van der Waals surface area contributed by atoms with Crippen LogP contribution in [0.15, 0.2) is 60.7 Å². The number of halogens is 1. The zero-order valence-corrected chi connectivity index (χ0v) is 14.9. The third kappa shape index (κ3) is 4.32. The van der Waals surface area contributed by atoms with Crippen LogP contribution in [0.2, 0.25) is 5.02 Å². The Morgan fingerprint density at radius 1 is 0.885 bits per heavy atom. The number of hydrogen-bond acceptors (Lipinski definition) is 3. The van der Waals surface area contributed by atoms with Gasteiger partial charge in [0.15, 0.2) is 0 Å². The molecule has 0 aliphatic carbocycles. The zero-order valence-electron chi connectivity index (χ0n) is 14.2. The van der Waals surface area contributed by atoms with Crippen molar-refractivity contribution in [2.24, 2.45) is 0 Å². The van der Waals surface area contributed by atoms with Crippen molar-refractivity contribution >= 4 is 51.2 Å². The molecule has 0 fully saturated rings. The van der Waals surface area contributed by atoms with Crippen molar-refractivity contribution in [1.29, 1.82) is 0 Å². The van der Waals surface area contributed by atoms with Gasteiger partial charge >= 0.3 is 0 Å². The van der Waals surface area contributed by atoms with Crippen LogP contribution in [0.25, 0.3) is 10.8 Å². The summed E-state index contributed by atoms with van der Waals surface area (Å²) < 4.78 is 0. The molecule has 0 saturated carbocycles. The minimum absolute atomic E-state index is 0.0378. The van der Waals surface area contributed by atoms with Gasteiger partial charge in [-0.2, -0.15) is 0 Å². The van der Waals surface area contributed by atoms with Gasteiger partial charge in [-0.1, -0.05) is 48.0 Å². The van der Waals surface area contributed by atoms with E-state index >= 15 is 0 Å². The fourth-order valence-corrected chi connectivity index (χ4v) is 2.84. The van der Waals surface area contributed by atoms with E-state index < -0.39 is 0 Å². The van der Waals surface area contributed by atoms with Crippen LogP contribution in [0.3, 0.4) is 0 Å². The lowest BCUT2D eigenvalue weighted by molar-refractivity contribution is -0.115. The zero-order chi connectivity index (χ0) is 18.5. The summed E-state index contributed by atoms with van der Waals surface area (Å²) in [5.41, 5.74) is 1.91. The molecule has 26 heavy (non-hydrogen) atoms. The molecule has 132 valence electrons. The monoisotopic (exact) mass is 367 g/mol. The van der Waals surface area contributed by atoms with Crippen LogP contribution < -0.4 is 16.0 Å². The van der Waals surface area contributed by atoms with E-state index in [2.05, 4.69) is 16.0 Å². The molecule has 0 heterocycles.